The minimum atomic E-state index is -0.0150. The van der Waals surface area contributed by atoms with Crippen LogP contribution < -0.4 is 10.6 Å². The normalized spacial score (nSPS) is 22.1. The van der Waals surface area contributed by atoms with Crippen LogP contribution in [0.2, 0.25) is 0 Å². The second-order valence-electron chi connectivity index (χ2n) is 5.59. The molecule has 2 fully saturated rings. The van der Waals surface area contributed by atoms with Crippen LogP contribution in [0, 0.1) is 5.92 Å². The number of carbonyl (C=O) groups is 1. The Labute approximate surface area is 116 Å². The molecule has 2 amide bonds. The predicted octanol–water partition coefficient (Wildman–Crippen LogP) is 1.20. The molecule has 2 aliphatic rings. The number of nitrogens with zero attached hydrogens (tertiary/aromatic N) is 1. The van der Waals surface area contributed by atoms with E-state index in [4.69, 9.17) is 4.74 Å². The van der Waals surface area contributed by atoms with Crippen LogP contribution in [-0.4, -0.2) is 56.9 Å². The molecule has 0 aromatic rings. The first kappa shape index (κ1) is 14.6. The summed E-state index contributed by atoms with van der Waals surface area (Å²) in [5.74, 6) is 0.693. The van der Waals surface area contributed by atoms with Gasteiger partial charge in [-0.2, -0.15) is 0 Å². The van der Waals surface area contributed by atoms with Crippen LogP contribution in [0.5, 0.6) is 0 Å². The molecule has 1 heterocycles. The number of hydrogen-bond donors (Lipinski definition) is 2. The third-order valence-electron chi connectivity index (χ3n) is 4.09. The van der Waals surface area contributed by atoms with E-state index in [1.807, 2.05) is 0 Å². The van der Waals surface area contributed by atoms with Gasteiger partial charge in [-0.25, -0.2) is 4.79 Å². The molecule has 0 bridgehead atoms. The van der Waals surface area contributed by atoms with E-state index in [1.165, 1.54) is 32.1 Å². The number of rotatable bonds is 5. The molecule has 1 aliphatic heterocycles. The van der Waals surface area contributed by atoms with Crippen molar-refractivity contribution in [1.29, 1.82) is 0 Å². The topological polar surface area (TPSA) is 53.6 Å². The molecular weight excluding hydrogens is 242 g/mol. The molecule has 0 aromatic carbocycles. The lowest BCUT2D eigenvalue weighted by molar-refractivity contribution is 0.0387. The maximum atomic E-state index is 11.7. The van der Waals surface area contributed by atoms with Crippen molar-refractivity contribution in [3.63, 3.8) is 0 Å². The van der Waals surface area contributed by atoms with Crippen LogP contribution in [0.3, 0.4) is 0 Å². The van der Waals surface area contributed by atoms with Crippen molar-refractivity contribution in [1.82, 2.24) is 15.5 Å². The minimum absolute atomic E-state index is 0.0150. The van der Waals surface area contributed by atoms with Gasteiger partial charge in [-0.05, 0) is 18.8 Å². The number of amides is 2. The lowest BCUT2D eigenvalue weighted by atomic mass is 9.89. The highest BCUT2D eigenvalue weighted by atomic mass is 16.5. The van der Waals surface area contributed by atoms with E-state index >= 15 is 0 Å². The SMILES string of the molecule is O=C(NCCN1CCOCC1)NCC1CCCCC1. The Morgan fingerprint density at radius 2 is 1.84 bits per heavy atom. The zero-order valence-corrected chi connectivity index (χ0v) is 11.8. The maximum absolute atomic E-state index is 11.7. The molecule has 1 saturated heterocycles. The van der Waals surface area contributed by atoms with Crippen LogP contribution in [0.15, 0.2) is 0 Å². The molecule has 2 N–H and O–H groups in total. The van der Waals surface area contributed by atoms with Gasteiger partial charge in [-0.15, -0.1) is 0 Å². The van der Waals surface area contributed by atoms with E-state index in [9.17, 15) is 4.79 Å². The van der Waals surface area contributed by atoms with E-state index in [1.54, 1.807) is 0 Å². The lowest BCUT2D eigenvalue weighted by Crippen LogP contribution is -2.44. The van der Waals surface area contributed by atoms with Gasteiger partial charge >= 0.3 is 6.03 Å². The van der Waals surface area contributed by atoms with Crippen molar-refractivity contribution in [3.8, 4) is 0 Å². The zero-order valence-electron chi connectivity index (χ0n) is 11.8. The zero-order chi connectivity index (χ0) is 13.3. The highest BCUT2D eigenvalue weighted by molar-refractivity contribution is 5.73. The van der Waals surface area contributed by atoms with Crippen LogP contribution in [0.1, 0.15) is 32.1 Å². The van der Waals surface area contributed by atoms with Crippen LogP contribution in [0.25, 0.3) is 0 Å². The first-order valence-electron chi connectivity index (χ1n) is 7.66. The molecule has 19 heavy (non-hydrogen) atoms. The van der Waals surface area contributed by atoms with Gasteiger partial charge in [0.05, 0.1) is 13.2 Å². The summed E-state index contributed by atoms with van der Waals surface area (Å²) < 4.78 is 5.29. The Bertz CT molecular complexity index is 261. The van der Waals surface area contributed by atoms with E-state index in [2.05, 4.69) is 15.5 Å². The predicted molar refractivity (Wildman–Crippen MR) is 75.2 cm³/mol. The van der Waals surface area contributed by atoms with Gasteiger partial charge in [0, 0.05) is 32.7 Å². The number of hydrogen-bond acceptors (Lipinski definition) is 3. The monoisotopic (exact) mass is 269 g/mol. The smallest absolute Gasteiger partial charge is 0.314 e. The number of carbonyl (C=O) groups excluding carboxylic acids is 1. The molecule has 2 rings (SSSR count). The van der Waals surface area contributed by atoms with Gasteiger partial charge < -0.3 is 15.4 Å². The summed E-state index contributed by atoms with van der Waals surface area (Å²) >= 11 is 0. The van der Waals surface area contributed by atoms with Crippen molar-refractivity contribution in [2.75, 3.05) is 45.9 Å². The van der Waals surface area contributed by atoms with E-state index in [-0.39, 0.29) is 6.03 Å². The third-order valence-corrected chi connectivity index (χ3v) is 4.09. The molecule has 0 atom stereocenters. The van der Waals surface area contributed by atoms with Crippen LogP contribution >= 0.6 is 0 Å². The highest BCUT2D eigenvalue weighted by Crippen LogP contribution is 2.22. The van der Waals surface area contributed by atoms with Gasteiger partial charge in [-0.3, -0.25) is 4.90 Å². The number of nitrogens with one attached hydrogen (secondary N) is 2. The van der Waals surface area contributed by atoms with Gasteiger partial charge in [0.1, 0.15) is 0 Å². The molecule has 0 spiro atoms. The minimum Gasteiger partial charge on any atom is -0.379 e. The summed E-state index contributed by atoms with van der Waals surface area (Å²) in [6.07, 6.45) is 6.56. The molecule has 5 heteroatoms. The molecule has 1 aliphatic carbocycles. The number of urea groups is 1. The summed E-state index contributed by atoms with van der Waals surface area (Å²) in [5, 5.41) is 5.93. The van der Waals surface area contributed by atoms with Gasteiger partial charge in [0.15, 0.2) is 0 Å². The number of ether oxygens (including phenoxy) is 1. The van der Waals surface area contributed by atoms with E-state index < -0.39 is 0 Å². The molecule has 5 nitrogen and oxygen atoms in total. The Kier molecular flexibility index (Phi) is 6.44. The van der Waals surface area contributed by atoms with Crippen molar-refractivity contribution in [2.45, 2.75) is 32.1 Å². The number of morpholine rings is 1. The average Bonchev–Trinajstić information content (AvgIpc) is 2.47. The Hall–Kier alpha value is -0.810. The van der Waals surface area contributed by atoms with Gasteiger partial charge in [0.2, 0.25) is 0 Å². The summed E-state index contributed by atoms with van der Waals surface area (Å²) in [6, 6.07) is -0.0150. The van der Waals surface area contributed by atoms with Crippen molar-refractivity contribution in [2.24, 2.45) is 5.92 Å². The molecule has 1 saturated carbocycles. The Morgan fingerprint density at radius 1 is 1.11 bits per heavy atom. The average molecular weight is 269 g/mol. The molecular formula is C14H27N3O2. The van der Waals surface area contributed by atoms with Crippen molar-refractivity contribution in [3.05, 3.63) is 0 Å². The quantitative estimate of drug-likeness (QED) is 0.788. The molecule has 0 unspecified atom stereocenters. The van der Waals surface area contributed by atoms with Gasteiger partial charge in [0.25, 0.3) is 0 Å². The fourth-order valence-corrected chi connectivity index (χ4v) is 2.84. The fourth-order valence-electron chi connectivity index (χ4n) is 2.84. The second-order valence-corrected chi connectivity index (χ2v) is 5.59. The summed E-state index contributed by atoms with van der Waals surface area (Å²) in [4.78, 5) is 14.0. The highest BCUT2D eigenvalue weighted by Gasteiger charge is 2.14. The molecule has 0 radical (unpaired) electrons. The first-order chi connectivity index (χ1) is 9.34. The Balaban J connectivity index is 1.49. The van der Waals surface area contributed by atoms with Gasteiger partial charge in [-0.1, -0.05) is 19.3 Å². The molecule has 0 aromatic heterocycles. The largest absolute Gasteiger partial charge is 0.379 e. The van der Waals surface area contributed by atoms with Crippen molar-refractivity contribution < 1.29 is 9.53 Å². The summed E-state index contributed by atoms with van der Waals surface area (Å²) in [5.41, 5.74) is 0. The first-order valence-corrected chi connectivity index (χ1v) is 7.66. The summed E-state index contributed by atoms with van der Waals surface area (Å²) in [7, 11) is 0. The lowest BCUT2D eigenvalue weighted by Gasteiger charge is -2.26. The fraction of sp³-hybridized carbons (Fsp3) is 0.929. The van der Waals surface area contributed by atoms with Crippen LogP contribution in [0.4, 0.5) is 4.79 Å². The third kappa shape index (κ3) is 5.78. The van der Waals surface area contributed by atoms with Crippen LogP contribution in [-0.2, 0) is 4.74 Å². The van der Waals surface area contributed by atoms with E-state index in [0.717, 1.165) is 45.9 Å². The summed E-state index contributed by atoms with van der Waals surface area (Å²) in [6.45, 7) is 6.05. The van der Waals surface area contributed by atoms with Crippen molar-refractivity contribution >= 4 is 6.03 Å². The van der Waals surface area contributed by atoms with E-state index in [0.29, 0.717) is 5.92 Å². The maximum Gasteiger partial charge on any atom is 0.314 e. The molecule has 110 valence electrons. The second kappa shape index (κ2) is 8.38. The Morgan fingerprint density at radius 3 is 2.58 bits per heavy atom. The standard InChI is InChI=1S/C14H27N3O2/c18-14(16-12-13-4-2-1-3-5-13)15-6-7-17-8-10-19-11-9-17/h13H,1-12H2,(H2,15,16,18).